The molecule has 0 N–H and O–H groups in total. The third-order valence-electron chi connectivity index (χ3n) is 3.58. The van der Waals surface area contributed by atoms with Gasteiger partial charge in [-0.25, -0.2) is 19.5 Å². The average Bonchev–Trinajstić information content (AvgIpc) is 3.01. The van der Waals surface area contributed by atoms with Crippen LogP contribution in [0.25, 0.3) is 5.78 Å². The number of nitrogens with zero attached hydrogens (tertiary/aromatic N) is 7. The van der Waals surface area contributed by atoms with E-state index in [4.69, 9.17) is 0 Å². The van der Waals surface area contributed by atoms with Crippen LogP contribution in [-0.2, 0) is 12.0 Å². The lowest BCUT2D eigenvalue weighted by molar-refractivity contribution is 0.0775. The first-order valence-electron chi connectivity index (χ1n) is 7.59. The van der Waals surface area contributed by atoms with E-state index in [-0.39, 0.29) is 11.3 Å². The fraction of sp³-hybridized carbons (Fsp3) is 0.375. The molecule has 0 aromatic carbocycles. The lowest BCUT2D eigenvalue weighted by Gasteiger charge is -2.21. The standard InChI is InChI=1S/C16H19N7O/c1-16(2,3)12-8-11(21-15-19-10-20-23(12)15)14(24)22(4)9-13-17-6-5-7-18-13/h5-8,10H,9H2,1-4H3. The fourth-order valence-electron chi connectivity index (χ4n) is 2.35. The van der Waals surface area contributed by atoms with Crippen molar-refractivity contribution in [3.05, 3.63) is 48.1 Å². The highest BCUT2D eigenvalue weighted by Crippen LogP contribution is 2.23. The second-order valence-electron chi connectivity index (χ2n) is 6.57. The van der Waals surface area contributed by atoms with Crippen molar-refractivity contribution >= 4 is 11.7 Å². The zero-order chi connectivity index (χ0) is 17.3. The monoisotopic (exact) mass is 325 g/mol. The zero-order valence-electron chi connectivity index (χ0n) is 14.1. The Kier molecular flexibility index (Phi) is 3.96. The van der Waals surface area contributed by atoms with E-state index >= 15 is 0 Å². The molecule has 3 aromatic rings. The lowest BCUT2D eigenvalue weighted by Crippen LogP contribution is -2.29. The molecule has 1 amide bonds. The van der Waals surface area contributed by atoms with Crippen LogP contribution >= 0.6 is 0 Å². The van der Waals surface area contributed by atoms with Gasteiger partial charge in [-0.1, -0.05) is 20.8 Å². The number of rotatable bonds is 3. The topological polar surface area (TPSA) is 89.2 Å². The number of hydrogen-bond acceptors (Lipinski definition) is 6. The van der Waals surface area contributed by atoms with E-state index < -0.39 is 0 Å². The minimum atomic E-state index is -0.210. The molecule has 0 fully saturated rings. The van der Waals surface area contributed by atoms with Crippen LogP contribution in [0.3, 0.4) is 0 Å². The number of carbonyl (C=O) groups is 1. The molecule has 0 radical (unpaired) electrons. The largest absolute Gasteiger partial charge is 0.333 e. The molecule has 8 heteroatoms. The van der Waals surface area contributed by atoms with E-state index in [1.165, 1.54) is 11.2 Å². The van der Waals surface area contributed by atoms with Crippen LogP contribution in [0, 0.1) is 0 Å². The van der Waals surface area contributed by atoms with Crippen molar-refractivity contribution in [3.63, 3.8) is 0 Å². The quantitative estimate of drug-likeness (QED) is 0.725. The van der Waals surface area contributed by atoms with E-state index in [2.05, 4.69) is 45.8 Å². The van der Waals surface area contributed by atoms with Crippen LogP contribution in [0.15, 0.2) is 30.9 Å². The highest BCUT2D eigenvalue weighted by atomic mass is 16.2. The maximum absolute atomic E-state index is 12.7. The van der Waals surface area contributed by atoms with Gasteiger partial charge >= 0.3 is 0 Å². The maximum atomic E-state index is 12.7. The maximum Gasteiger partial charge on any atom is 0.272 e. The fourth-order valence-corrected chi connectivity index (χ4v) is 2.35. The summed E-state index contributed by atoms with van der Waals surface area (Å²) >= 11 is 0. The molecule has 124 valence electrons. The Morgan fingerprint density at radius 1 is 1.21 bits per heavy atom. The molecule has 3 aromatic heterocycles. The molecular formula is C16H19N7O. The molecular weight excluding hydrogens is 306 g/mol. The van der Waals surface area contributed by atoms with E-state index in [0.717, 1.165) is 5.69 Å². The van der Waals surface area contributed by atoms with E-state index in [0.29, 0.717) is 23.8 Å². The number of hydrogen-bond donors (Lipinski definition) is 0. The molecule has 0 aliphatic carbocycles. The third-order valence-corrected chi connectivity index (χ3v) is 3.58. The Labute approximate surface area is 139 Å². The van der Waals surface area contributed by atoms with Gasteiger partial charge in [-0.3, -0.25) is 4.79 Å². The molecule has 0 unspecified atom stereocenters. The van der Waals surface area contributed by atoms with Crippen LogP contribution < -0.4 is 0 Å². The van der Waals surface area contributed by atoms with Gasteiger partial charge in [0.15, 0.2) is 0 Å². The van der Waals surface area contributed by atoms with Gasteiger partial charge in [-0.2, -0.15) is 10.1 Å². The van der Waals surface area contributed by atoms with Gasteiger partial charge in [0.1, 0.15) is 17.8 Å². The molecule has 3 heterocycles. The number of amides is 1. The first kappa shape index (κ1) is 16.0. The van der Waals surface area contributed by atoms with Crippen molar-refractivity contribution in [3.8, 4) is 0 Å². The van der Waals surface area contributed by atoms with Crippen molar-refractivity contribution in [2.45, 2.75) is 32.7 Å². The average molecular weight is 325 g/mol. The molecule has 0 atom stereocenters. The first-order chi connectivity index (χ1) is 11.4. The Hall–Kier alpha value is -2.90. The second kappa shape index (κ2) is 5.95. The summed E-state index contributed by atoms with van der Waals surface area (Å²) in [4.78, 5) is 31.0. The normalized spacial score (nSPS) is 11.7. The second-order valence-corrected chi connectivity index (χ2v) is 6.57. The van der Waals surface area contributed by atoms with Crippen molar-refractivity contribution in [2.24, 2.45) is 0 Å². The summed E-state index contributed by atoms with van der Waals surface area (Å²) in [5, 5.41) is 4.20. The molecule has 0 aliphatic rings. The summed E-state index contributed by atoms with van der Waals surface area (Å²) < 4.78 is 1.66. The van der Waals surface area contributed by atoms with Crippen molar-refractivity contribution < 1.29 is 4.79 Å². The highest BCUT2D eigenvalue weighted by Gasteiger charge is 2.23. The Morgan fingerprint density at radius 3 is 2.58 bits per heavy atom. The molecule has 8 nitrogen and oxygen atoms in total. The Balaban J connectivity index is 1.95. The first-order valence-corrected chi connectivity index (χ1v) is 7.59. The minimum Gasteiger partial charge on any atom is -0.333 e. The number of fused-ring (bicyclic) bond motifs is 1. The highest BCUT2D eigenvalue weighted by molar-refractivity contribution is 5.92. The van der Waals surface area contributed by atoms with E-state index in [1.54, 1.807) is 36.1 Å². The Morgan fingerprint density at radius 2 is 1.92 bits per heavy atom. The predicted octanol–water partition coefficient (Wildman–Crippen LogP) is 1.48. The van der Waals surface area contributed by atoms with Crippen molar-refractivity contribution in [1.29, 1.82) is 0 Å². The summed E-state index contributed by atoms with van der Waals surface area (Å²) in [5.41, 5.74) is 1.00. The van der Waals surface area contributed by atoms with Crippen molar-refractivity contribution in [1.82, 2.24) is 34.4 Å². The lowest BCUT2D eigenvalue weighted by atomic mass is 9.91. The van der Waals surface area contributed by atoms with E-state index in [1.807, 2.05) is 0 Å². The molecule has 0 spiro atoms. The van der Waals surface area contributed by atoms with Crippen LogP contribution in [0.1, 0.15) is 42.8 Å². The van der Waals surface area contributed by atoms with Crippen LogP contribution in [0.5, 0.6) is 0 Å². The summed E-state index contributed by atoms with van der Waals surface area (Å²) in [7, 11) is 1.70. The number of carbonyl (C=O) groups excluding carboxylic acids is 1. The van der Waals surface area contributed by atoms with E-state index in [9.17, 15) is 4.79 Å². The molecule has 24 heavy (non-hydrogen) atoms. The smallest absolute Gasteiger partial charge is 0.272 e. The predicted molar refractivity (Wildman–Crippen MR) is 87.3 cm³/mol. The molecule has 0 saturated carbocycles. The van der Waals surface area contributed by atoms with Gasteiger partial charge in [-0.15, -0.1) is 0 Å². The molecule has 0 aliphatic heterocycles. The van der Waals surface area contributed by atoms with Gasteiger partial charge < -0.3 is 4.90 Å². The van der Waals surface area contributed by atoms with Crippen molar-refractivity contribution in [2.75, 3.05) is 7.05 Å². The summed E-state index contributed by atoms with van der Waals surface area (Å²) in [6, 6.07) is 3.51. The summed E-state index contributed by atoms with van der Waals surface area (Å²) in [6.07, 6.45) is 4.74. The summed E-state index contributed by atoms with van der Waals surface area (Å²) in [5.74, 6) is 0.779. The number of aromatic nitrogens is 6. The molecule has 3 rings (SSSR count). The van der Waals surface area contributed by atoms with Crippen LogP contribution in [0.2, 0.25) is 0 Å². The summed E-state index contributed by atoms with van der Waals surface area (Å²) in [6.45, 7) is 6.47. The molecule has 0 saturated heterocycles. The zero-order valence-corrected chi connectivity index (χ0v) is 14.1. The Bertz CT molecular complexity index is 867. The molecule has 0 bridgehead atoms. The minimum absolute atomic E-state index is 0.203. The van der Waals surface area contributed by atoms with Gasteiger partial charge in [0, 0.05) is 24.9 Å². The van der Waals surface area contributed by atoms with Gasteiger partial charge in [0.2, 0.25) is 0 Å². The van der Waals surface area contributed by atoms with Gasteiger partial charge in [0.25, 0.3) is 11.7 Å². The third kappa shape index (κ3) is 3.08. The van der Waals surface area contributed by atoms with Crippen LogP contribution in [0.4, 0.5) is 0 Å². The van der Waals surface area contributed by atoms with Gasteiger partial charge in [0.05, 0.1) is 12.2 Å². The van der Waals surface area contributed by atoms with Gasteiger partial charge in [-0.05, 0) is 12.1 Å². The van der Waals surface area contributed by atoms with Crippen LogP contribution in [-0.4, -0.2) is 47.4 Å². The SMILES string of the molecule is CN(Cc1ncccn1)C(=O)c1cc(C(C)(C)C)n2ncnc2n1.